The zero-order valence-corrected chi connectivity index (χ0v) is 10.7. The SMILES string of the molecule is CC1CNCC1C(=O)N1[C@H](C)CCC[C@@H]1C. The fraction of sp³-hybridized carbons (Fsp3) is 0.923. The Morgan fingerprint density at radius 1 is 1.12 bits per heavy atom. The maximum atomic E-state index is 12.5. The molecule has 0 aromatic rings. The molecule has 0 aromatic heterocycles. The summed E-state index contributed by atoms with van der Waals surface area (Å²) in [6.07, 6.45) is 3.61. The standard InChI is InChI=1S/C13H24N2O/c1-9-7-14-8-12(9)13(16)15-10(2)5-4-6-11(15)3/h9-12,14H,4-8H2,1-3H3/t9?,10-,11+,12?. The summed E-state index contributed by atoms with van der Waals surface area (Å²) >= 11 is 0. The summed E-state index contributed by atoms with van der Waals surface area (Å²) in [6, 6.07) is 0.869. The number of piperidine rings is 1. The highest BCUT2D eigenvalue weighted by atomic mass is 16.2. The molecule has 2 unspecified atom stereocenters. The normalized spacial score (nSPS) is 40.1. The molecule has 2 fully saturated rings. The van der Waals surface area contributed by atoms with Gasteiger partial charge in [-0.05, 0) is 45.6 Å². The first-order chi connectivity index (χ1) is 7.61. The van der Waals surface area contributed by atoms with Crippen LogP contribution in [0, 0.1) is 11.8 Å². The topological polar surface area (TPSA) is 32.3 Å². The Morgan fingerprint density at radius 2 is 1.75 bits per heavy atom. The van der Waals surface area contributed by atoms with Gasteiger partial charge in [0.25, 0.3) is 0 Å². The molecule has 1 amide bonds. The highest BCUT2D eigenvalue weighted by molar-refractivity contribution is 5.80. The number of carbonyl (C=O) groups excluding carboxylic acids is 1. The summed E-state index contributed by atoms with van der Waals surface area (Å²) in [6.45, 7) is 8.44. The van der Waals surface area contributed by atoms with Crippen molar-refractivity contribution in [2.75, 3.05) is 13.1 Å². The minimum atomic E-state index is 0.211. The van der Waals surface area contributed by atoms with E-state index in [1.807, 2.05) is 0 Å². The lowest BCUT2D eigenvalue weighted by Crippen LogP contribution is -2.51. The van der Waals surface area contributed by atoms with Crippen molar-refractivity contribution < 1.29 is 4.79 Å². The third-order valence-corrected chi connectivity index (χ3v) is 4.28. The summed E-state index contributed by atoms with van der Waals surface area (Å²) in [5, 5.41) is 3.32. The Balaban J connectivity index is 2.07. The van der Waals surface area contributed by atoms with Gasteiger partial charge in [0.1, 0.15) is 0 Å². The number of carbonyl (C=O) groups is 1. The van der Waals surface area contributed by atoms with E-state index < -0.39 is 0 Å². The summed E-state index contributed by atoms with van der Waals surface area (Å²) in [4.78, 5) is 14.7. The van der Waals surface area contributed by atoms with Crippen LogP contribution in [-0.4, -0.2) is 36.0 Å². The van der Waals surface area contributed by atoms with Crippen LogP contribution in [0.3, 0.4) is 0 Å². The van der Waals surface area contributed by atoms with Crippen LogP contribution in [-0.2, 0) is 4.79 Å². The third-order valence-electron chi connectivity index (χ3n) is 4.28. The largest absolute Gasteiger partial charge is 0.337 e. The molecule has 2 rings (SSSR count). The Hall–Kier alpha value is -0.570. The van der Waals surface area contributed by atoms with Crippen LogP contribution in [0.25, 0.3) is 0 Å². The van der Waals surface area contributed by atoms with Gasteiger partial charge < -0.3 is 10.2 Å². The highest BCUT2D eigenvalue weighted by Crippen LogP contribution is 2.27. The fourth-order valence-corrected chi connectivity index (χ4v) is 3.19. The molecule has 0 bridgehead atoms. The summed E-state index contributed by atoms with van der Waals surface area (Å²) < 4.78 is 0. The van der Waals surface area contributed by atoms with E-state index in [1.165, 1.54) is 19.3 Å². The first kappa shape index (κ1) is 11.9. The molecule has 0 radical (unpaired) electrons. The second kappa shape index (κ2) is 4.74. The van der Waals surface area contributed by atoms with Gasteiger partial charge in [0, 0.05) is 18.6 Å². The molecule has 2 aliphatic heterocycles. The van der Waals surface area contributed by atoms with Crippen molar-refractivity contribution in [3.63, 3.8) is 0 Å². The summed E-state index contributed by atoms with van der Waals surface area (Å²) in [5.74, 6) is 1.09. The van der Waals surface area contributed by atoms with Crippen LogP contribution in [0.4, 0.5) is 0 Å². The molecule has 1 N–H and O–H groups in total. The van der Waals surface area contributed by atoms with Gasteiger partial charge in [-0.3, -0.25) is 4.79 Å². The van der Waals surface area contributed by atoms with Crippen LogP contribution in [0.2, 0.25) is 0 Å². The average Bonchev–Trinajstić information content (AvgIpc) is 2.64. The molecule has 2 aliphatic rings. The van der Waals surface area contributed by atoms with E-state index in [1.54, 1.807) is 0 Å². The molecule has 4 atom stereocenters. The third kappa shape index (κ3) is 2.10. The molecule has 0 spiro atoms. The van der Waals surface area contributed by atoms with Crippen molar-refractivity contribution in [3.8, 4) is 0 Å². The van der Waals surface area contributed by atoms with E-state index in [-0.39, 0.29) is 5.92 Å². The molecule has 16 heavy (non-hydrogen) atoms. The van der Waals surface area contributed by atoms with Crippen LogP contribution in [0.1, 0.15) is 40.0 Å². The van der Waals surface area contributed by atoms with Gasteiger partial charge in [-0.1, -0.05) is 6.92 Å². The number of rotatable bonds is 1. The minimum Gasteiger partial charge on any atom is -0.337 e. The van der Waals surface area contributed by atoms with E-state index in [2.05, 4.69) is 31.0 Å². The first-order valence-electron chi connectivity index (χ1n) is 6.64. The average molecular weight is 224 g/mol. The lowest BCUT2D eigenvalue weighted by Gasteiger charge is -2.41. The zero-order chi connectivity index (χ0) is 11.7. The Bertz CT molecular complexity index is 257. The highest BCUT2D eigenvalue weighted by Gasteiger charge is 2.37. The van der Waals surface area contributed by atoms with Crippen LogP contribution in [0.15, 0.2) is 0 Å². The fourth-order valence-electron chi connectivity index (χ4n) is 3.19. The smallest absolute Gasteiger partial charge is 0.227 e. The van der Waals surface area contributed by atoms with E-state index >= 15 is 0 Å². The first-order valence-corrected chi connectivity index (χ1v) is 6.64. The van der Waals surface area contributed by atoms with Gasteiger partial charge in [-0.2, -0.15) is 0 Å². The van der Waals surface area contributed by atoms with Gasteiger partial charge in [-0.25, -0.2) is 0 Å². The molecular weight excluding hydrogens is 200 g/mol. The second-order valence-corrected chi connectivity index (χ2v) is 5.62. The Kier molecular flexibility index (Phi) is 3.53. The molecule has 2 heterocycles. The van der Waals surface area contributed by atoms with E-state index in [0.29, 0.717) is 23.9 Å². The predicted octanol–water partition coefficient (Wildman–Crippen LogP) is 1.63. The van der Waals surface area contributed by atoms with Crippen LogP contribution >= 0.6 is 0 Å². The zero-order valence-electron chi connectivity index (χ0n) is 10.7. The molecule has 0 aliphatic carbocycles. The van der Waals surface area contributed by atoms with Gasteiger partial charge in [0.2, 0.25) is 5.91 Å². The molecule has 0 saturated carbocycles. The van der Waals surface area contributed by atoms with Gasteiger partial charge in [0.15, 0.2) is 0 Å². The van der Waals surface area contributed by atoms with Crippen LogP contribution in [0.5, 0.6) is 0 Å². The van der Waals surface area contributed by atoms with Gasteiger partial charge >= 0.3 is 0 Å². The van der Waals surface area contributed by atoms with Crippen molar-refractivity contribution in [2.45, 2.75) is 52.1 Å². The number of hydrogen-bond donors (Lipinski definition) is 1. The summed E-state index contributed by atoms with van der Waals surface area (Å²) in [5.41, 5.74) is 0. The van der Waals surface area contributed by atoms with E-state index in [4.69, 9.17) is 0 Å². The molecule has 92 valence electrons. The predicted molar refractivity (Wildman–Crippen MR) is 65.1 cm³/mol. The van der Waals surface area contributed by atoms with Gasteiger partial charge in [-0.15, -0.1) is 0 Å². The van der Waals surface area contributed by atoms with Crippen molar-refractivity contribution in [1.82, 2.24) is 10.2 Å². The van der Waals surface area contributed by atoms with E-state index in [0.717, 1.165) is 13.1 Å². The number of nitrogens with one attached hydrogen (secondary N) is 1. The lowest BCUT2D eigenvalue weighted by molar-refractivity contribution is -0.142. The molecule has 0 aromatic carbocycles. The van der Waals surface area contributed by atoms with Crippen molar-refractivity contribution >= 4 is 5.91 Å². The minimum absolute atomic E-state index is 0.211. The Labute approximate surface area is 98.6 Å². The van der Waals surface area contributed by atoms with Crippen molar-refractivity contribution in [1.29, 1.82) is 0 Å². The lowest BCUT2D eigenvalue weighted by atomic mass is 9.91. The van der Waals surface area contributed by atoms with Crippen LogP contribution < -0.4 is 5.32 Å². The molecular formula is C13H24N2O. The number of nitrogens with zero attached hydrogens (tertiary/aromatic N) is 1. The number of likely N-dealkylation sites (tertiary alicyclic amines) is 1. The van der Waals surface area contributed by atoms with Gasteiger partial charge in [0.05, 0.1) is 5.92 Å². The van der Waals surface area contributed by atoms with Crippen molar-refractivity contribution in [2.24, 2.45) is 11.8 Å². The maximum Gasteiger partial charge on any atom is 0.227 e. The number of hydrogen-bond acceptors (Lipinski definition) is 2. The quantitative estimate of drug-likeness (QED) is 0.734. The Morgan fingerprint density at radius 3 is 2.25 bits per heavy atom. The second-order valence-electron chi connectivity index (χ2n) is 5.62. The molecule has 3 nitrogen and oxygen atoms in total. The molecule has 2 saturated heterocycles. The monoisotopic (exact) mass is 224 g/mol. The summed E-state index contributed by atoms with van der Waals surface area (Å²) in [7, 11) is 0. The van der Waals surface area contributed by atoms with Crippen molar-refractivity contribution in [3.05, 3.63) is 0 Å². The number of amides is 1. The maximum absolute atomic E-state index is 12.5. The van der Waals surface area contributed by atoms with E-state index in [9.17, 15) is 4.79 Å². The molecule has 3 heteroatoms.